The van der Waals surface area contributed by atoms with Crippen molar-refractivity contribution in [2.45, 2.75) is 46.5 Å². The number of allylic oxidation sites excluding steroid dienone is 6. The molecule has 4 aliphatic carbocycles. The van der Waals surface area contributed by atoms with E-state index in [1.165, 1.54) is 11.1 Å². The number of hydrogen-bond acceptors (Lipinski definition) is 2. The predicted molar refractivity (Wildman–Crippen MR) is 100 cm³/mol. The SMILES string of the molecule is CC1C[C@H]2[C@@H]3CCC4=CC(=O)C=C[C@]4(C)C3=CC[C@]2(C)[C@H]1C(=O)CCl. The summed E-state index contributed by atoms with van der Waals surface area (Å²) in [6.45, 7) is 6.81. The summed E-state index contributed by atoms with van der Waals surface area (Å²) in [4.78, 5) is 24.4. The Kier molecular flexibility index (Phi) is 3.92. The maximum atomic E-state index is 12.6. The lowest BCUT2D eigenvalue weighted by Crippen LogP contribution is -2.45. The number of alkyl halides is 1. The van der Waals surface area contributed by atoms with E-state index >= 15 is 0 Å². The predicted octanol–water partition coefficient (Wildman–Crippen LogP) is 4.88. The number of rotatable bonds is 2. The minimum Gasteiger partial charge on any atom is -0.298 e. The number of carbonyl (C=O) groups is 2. The molecule has 1 unspecified atom stereocenters. The quantitative estimate of drug-likeness (QED) is 0.520. The molecule has 2 saturated carbocycles. The van der Waals surface area contributed by atoms with Crippen molar-refractivity contribution in [2.24, 2.45) is 34.5 Å². The lowest BCUT2D eigenvalue weighted by atomic mass is 9.52. The summed E-state index contributed by atoms with van der Waals surface area (Å²) in [5.41, 5.74) is 2.69. The summed E-state index contributed by atoms with van der Waals surface area (Å²) < 4.78 is 0. The normalized spacial score (nSPS) is 45.2. The highest BCUT2D eigenvalue weighted by Gasteiger charge is 2.58. The van der Waals surface area contributed by atoms with Crippen molar-refractivity contribution in [3.63, 3.8) is 0 Å². The Morgan fingerprint density at radius 1 is 1.36 bits per heavy atom. The van der Waals surface area contributed by atoms with Crippen LogP contribution in [0.25, 0.3) is 0 Å². The molecular formula is C22H27ClO2. The van der Waals surface area contributed by atoms with E-state index in [9.17, 15) is 9.59 Å². The van der Waals surface area contributed by atoms with Crippen LogP contribution in [-0.4, -0.2) is 17.4 Å². The molecule has 0 saturated heterocycles. The van der Waals surface area contributed by atoms with Gasteiger partial charge in [-0.2, -0.15) is 0 Å². The molecule has 0 amide bonds. The number of hydrogen-bond donors (Lipinski definition) is 0. The molecule has 0 N–H and O–H groups in total. The lowest BCUT2D eigenvalue weighted by molar-refractivity contribution is -0.125. The Bertz CT molecular complexity index is 730. The molecule has 0 spiro atoms. The summed E-state index contributed by atoms with van der Waals surface area (Å²) in [6.07, 6.45) is 12.3. The van der Waals surface area contributed by atoms with Gasteiger partial charge in [-0.25, -0.2) is 0 Å². The molecule has 0 aromatic rings. The van der Waals surface area contributed by atoms with Gasteiger partial charge in [0, 0.05) is 11.3 Å². The Balaban J connectivity index is 1.75. The Morgan fingerprint density at radius 3 is 2.84 bits per heavy atom. The molecule has 0 heterocycles. The van der Waals surface area contributed by atoms with E-state index in [1.807, 2.05) is 6.08 Å². The first-order valence-electron chi connectivity index (χ1n) is 9.54. The van der Waals surface area contributed by atoms with Crippen LogP contribution in [0, 0.1) is 34.5 Å². The van der Waals surface area contributed by atoms with Gasteiger partial charge in [0.05, 0.1) is 5.88 Å². The molecule has 0 aromatic carbocycles. The second kappa shape index (κ2) is 5.67. The van der Waals surface area contributed by atoms with Crippen molar-refractivity contribution in [1.82, 2.24) is 0 Å². The van der Waals surface area contributed by atoms with Gasteiger partial charge in [-0.3, -0.25) is 9.59 Å². The van der Waals surface area contributed by atoms with E-state index in [0.717, 1.165) is 25.7 Å². The van der Waals surface area contributed by atoms with Crippen molar-refractivity contribution in [1.29, 1.82) is 0 Å². The van der Waals surface area contributed by atoms with Crippen LogP contribution in [0.3, 0.4) is 0 Å². The standard InChI is InChI=1S/C22H27ClO2/c1-13-10-18-16-5-4-14-11-15(24)6-8-21(14,2)17(16)7-9-22(18,3)20(13)19(25)12-23/h6-8,11,13,16,18,20H,4-5,9-10,12H2,1-3H3/t13?,16-,18+,20-,21+,22+/m1/s1. The third kappa shape index (κ3) is 2.29. The Hall–Kier alpha value is -1.15. The number of fused-ring (bicyclic) bond motifs is 5. The van der Waals surface area contributed by atoms with Crippen LogP contribution in [0.2, 0.25) is 0 Å². The zero-order chi connectivity index (χ0) is 18.0. The van der Waals surface area contributed by atoms with E-state index in [-0.39, 0.29) is 34.2 Å². The minimum absolute atomic E-state index is 0.0331. The summed E-state index contributed by atoms with van der Waals surface area (Å²) in [5.74, 6) is 2.03. The molecule has 25 heavy (non-hydrogen) atoms. The number of halogens is 1. The first kappa shape index (κ1) is 17.3. The molecule has 6 atom stereocenters. The van der Waals surface area contributed by atoms with Crippen LogP contribution in [0.5, 0.6) is 0 Å². The van der Waals surface area contributed by atoms with Gasteiger partial charge in [0.1, 0.15) is 0 Å². The van der Waals surface area contributed by atoms with Gasteiger partial charge in [-0.15, -0.1) is 11.6 Å². The van der Waals surface area contributed by atoms with E-state index in [1.54, 1.807) is 6.08 Å². The molecule has 0 aliphatic heterocycles. The van der Waals surface area contributed by atoms with E-state index < -0.39 is 0 Å². The number of Topliss-reactive ketones (excluding diaryl/α,β-unsaturated/α-hetero) is 1. The Labute approximate surface area is 155 Å². The lowest BCUT2D eigenvalue weighted by Gasteiger charge is -2.52. The second-order valence-corrected chi connectivity index (χ2v) is 9.29. The van der Waals surface area contributed by atoms with Crippen molar-refractivity contribution in [2.75, 3.05) is 5.88 Å². The average Bonchev–Trinajstić information content (AvgIpc) is 2.85. The molecule has 4 aliphatic rings. The second-order valence-electron chi connectivity index (χ2n) is 9.02. The van der Waals surface area contributed by atoms with Crippen LogP contribution in [0.4, 0.5) is 0 Å². The zero-order valence-electron chi connectivity index (χ0n) is 15.3. The fraction of sp³-hybridized carbons (Fsp3) is 0.636. The summed E-state index contributed by atoms with van der Waals surface area (Å²) >= 11 is 5.94. The molecule has 0 radical (unpaired) electrons. The molecule has 0 aromatic heterocycles. The van der Waals surface area contributed by atoms with Gasteiger partial charge in [-0.05, 0) is 67.9 Å². The highest BCUT2D eigenvalue weighted by molar-refractivity contribution is 6.28. The van der Waals surface area contributed by atoms with Crippen LogP contribution in [0.1, 0.15) is 46.5 Å². The maximum Gasteiger partial charge on any atom is 0.178 e. The highest BCUT2D eigenvalue weighted by Crippen LogP contribution is 2.65. The van der Waals surface area contributed by atoms with Gasteiger partial charge in [-0.1, -0.05) is 37.1 Å². The topological polar surface area (TPSA) is 34.1 Å². The highest BCUT2D eigenvalue weighted by atomic mass is 35.5. The van der Waals surface area contributed by atoms with Crippen LogP contribution in [-0.2, 0) is 9.59 Å². The molecule has 0 bridgehead atoms. The molecule has 2 fully saturated rings. The molecular weight excluding hydrogens is 332 g/mol. The largest absolute Gasteiger partial charge is 0.298 e. The van der Waals surface area contributed by atoms with Crippen molar-refractivity contribution in [3.05, 3.63) is 35.5 Å². The first-order valence-corrected chi connectivity index (χ1v) is 10.1. The summed E-state index contributed by atoms with van der Waals surface area (Å²) in [6, 6.07) is 0. The fourth-order valence-electron chi connectivity index (χ4n) is 6.66. The smallest absolute Gasteiger partial charge is 0.178 e. The first-order chi connectivity index (χ1) is 11.8. The third-order valence-corrected chi connectivity index (χ3v) is 8.03. The average molecular weight is 359 g/mol. The molecule has 3 heteroatoms. The third-order valence-electron chi connectivity index (χ3n) is 7.77. The minimum atomic E-state index is -0.101. The van der Waals surface area contributed by atoms with E-state index in [0.29, 0.717) is 17.8 Å². The molecule has 134 valence electrons. The van der Waals surface area contributed by atoms with Gasteiger partial charge in [0.15, 0.2) is 11.6 Å². The van der Waals surface area contributed by atoms with Crippen molar-refractivity contribution < 1.29 is 9.59 Å². The summed E-state index contributed by atoms with van der Waals surface area (Å²) in [7, 11) is 0. The van der Waals surface area contributed by atoms with Crippen LogP contribution < -0.4 is 0 Å². The van der Waals surface area contributed by atoms with Crippen molar-refractivity contribution >= 4 is 23.2 Å². The van der Waals surface area contributed by atoms with Gasteiger partial charge in [0.25, 0.3) is 0 Å². The zero-order valence-corrected chi connectivity index (χ0v) is 16.1. The van der Waals surface area contributed by atoms with E-state index in [4.69, 9.17) is 11.6 Å². The van der Waals surface area contributed by atoms with Crippen LogP contribution in [0.15, 0.2) is 35.5 Å². The van der Waals surface area contributed by atoms with Gasteiger partial charge >= 0.3 is 0 Å². The molecule has 2 nitrogen and oxygen atoms in total. The summed E-state index contributed by atoms with van der Waals surface area (Å²) in [5, 5.41) is 0. The number of carbonyl (C=O) groups excluding carboxylic acids is 2. The monoisotopic (exact) mass is 358 g/mol. The molecule has 4 rings (SSSR count). The van der Waals surface area contributed by atoms with E-state index in [2.05, 4.69) is 32.9 Å². The van der Waals surface area contributed by atoms with Crippen molar-refractivity contribution in [3.8, 4) is 0 Å². The Morgan fingerprint density at radius 2 is 2.12 bits per heavy atom. The number of ketones is 2. The van der Waals surface area contributed by atoms with Crippen LogP contribution >= 0.6 is 11.6 Å². The van der Waals surface area contributed by atoms with Gasteiger partial charge in [0.2, 0.25) is 0 Å². The van der Waals surface area contributed by atoms with Gasteiger partial charge < -0.3 is 0 Å². The maximum absolute atomic E-state index is 12.6. The fourth-order valence-corrected chi connectivity index (χ4v) is 6.83.